The van der Waals surface area contributed by atoms with E-state index in [4.69, 9.17) is 9.47 Å². The summed E-state index contributed by atoms with van der Waals surface area (Å²) in [6.45, 7) is 4.41. The summed E-state index contributed by atoms with van der Waals surface area (Å²) in [5, 5.41) is 13.0. The van der Waals surface area contributed by atoms with Crippen LogP contribution < -0.4 is 5.32 Å². The molecule has 2 aliphatic rings. The Balaban J connectivity index is 1.50. The summed E-state index contributed by atoms with van der Waals surface area (Å²) in [5.74, 6) is -0.273. The minimum atomic E-state index is -0.798. The molecule has 2 saturated heterocycles. The van der Waals surface area contributed by atoms with Crippen molar-refractivity contribution in [2.24, 2.45) is 0 Å². The van der Waals surface area contributed by atoms with E-state index >= 15 is 0 Å². The lowest BCUT2D eigenvalue weighted by Crippen LogP contribution is -2.47. The summed E-state index contributed by atoms with van der Waals surface area (Å²) in [4.78, 5) is 14.8. The monoisotopic (exact) mass is 334 g/mol. The lowest BCUT2D eigenvalue weighted by Gasteiger charge is -2.34. The van der Waals surface area contributed by atoms with Crippen LogP contribution in [0.25, 0.3) is 0 Å². The van der Waals surface area contributed by atoms with Crippen molar-refractivity contribution >= 4 is 11.6 Å². The molecule has 24 heavy (non-hydrogen) atoms. The average molecular weight is 334 g/mol. The predicted octanol–water partition coefficient (Wildman–Crippen LogP) is 1.26. The Morgan fingerprint density at radius 3 is 2.71 bits per heavy atom. The zero-order valence-corrected chi connectivity index (χ0v) is 13.9. The fourth-order valence-electron chi connectivity index (χ4n) is 3.21. The number of para-hydroxylation sites is 1. The van der Waals surface area contributed by atoms with Gasteiger partial charge < -0.3 is 19.9 Å². The van der Waals surface area contributed by atoms with Crippen LogP contribution in [-0.4, -0.2) is 67.1 Å². The van der Waals surface area contributed by atoms with E-state index in [1.54, 1.807) is 0 Å². The molecule has 2 fully saturated rings. The minimum absolute atomic E-state index is 0.0165. The molecular formula is C18H26N2O4. The number of nitrogens with one attached hydrogen (secondary N) is 1. The predicted molar refractivity (Wildman–Crippen MR) is 90.8 cm³/mol. The van der Waals surface area contributed by atoms with Crippen LogP contribution in [0.4, 0.5) is 5.69 Å². The standard InChI is InChI=1S/C18H26N2O4/c21-16-7-6-15(8-9-20-10-12-23-13-11-20)24-17(16)18(22)19-14-4-2-1-3-5-14/h1-5,15-17,21H,6-13H2,(H,19,22)/t15-,16-,17-/m0/s1. The van der Waals surface area contributed by atoms with Crippen molar-refractivity contribution in [1.29, 1.82) is 0 Å². The van der Waals surface area contributed by atoms with Crippen molar-refractivity contribution in [3.05, 3.63) is 30.3 Å². The number of aliphatic hydroxyl groups excluding tert-OH is 1. The van der Waals surface area contributed by atoms with Gasteiger partial charge in [-0.05, 0) is 31.4 Å². The number of anilines is 1. The largest absolute Gasteiger partial charge is 0.390 e. The summed E-state index contributed by atoms with van der Waals surface area (Å²) in [6, 6.07) is 9.26. The number of morpholine rings is 1. The second-order valence-electron chi connectivity index (χ2n) is 6.42. The van der Waals surface area contributed by atoms with Gasteiger partial charge in [0.15, 0.2) is 6.10 Å². The molecule has 0 bridgehead atoms. The van der Waals surface area contributed by atoms with Gasteiger partial charge in [0, 0.05) is 25.3 Å². The fraction of sp³-hybridized carbons (Fsp3) is 0.611. The van der Waals surface area contributed by atoms with Gasteiger partial charge in [-0.3, -0.25) is 9.69 Å². The first-order chi connectivity index (χ1) is 11.7. The molecule has 1 aromatic rings. The molecule has 2 aliphatic heterocycles. The molecule has 6 nitrogen and oxygen atoms in total. The maximum Gasteiger partial charge on any atom is 0.256 e. The van der Waals surface area contributed by atoms with Gasteiger partial charge in [-0.1, -0.05) is 18.2 Å². The quantitative estimate of drug-likeness (QED) is 0.848. The maximum absolute atomic E-state index is 12.4. The number of carbonyl (C=O) groups is 1. The molecular weight excluding hydrogens is 308 g/mol. The Labute approximate surface area is 142 Å². The molecule has 0 spiro atoms. The van der Waals surface area contributed by atoms with Gasteiger partial charge in [-0.25, -0.2) is 0 Å². The molecule has 3 atom stereocenters. The number of hydrogen-bond acceptors (Lipinski definition) is 5. The average Bonchev–Trinajstić information content (AvgIpc) is 2.62. The van der Waals surface area contributed by atoms with Crippen molar-refractivity contribution in [1.82, 2.24) is 4.90 Å². The van der Waals surface area contributed by atoms with Crippen LogP contribution in [0.2, 0.25) is 0 Å². The van der Waals surface area contributed by atoms with Gasteiger partial charge in [0.05, 0.1) is 25.4 Å². The molecule has 1 amide bonds. The molecule has 6 heteroatoms. The second kappa shape index (κ2) is 8.58. The number of ether oxygens (including phenoxy) is 2. The summed E-state index contributed by atoms with van der Waals surface area (Å²) < 4.78 is 11.3. The SMILES string of the molecule is O=C(Nc1ccccc1)[C@H]1O[C@H](CCN2CCOCC2)CC[C@@H]1O. The van der Waals surface area contributed by atoms with Crippen molar-refractivity contribution in [2.75, 3.05) is 38.2 Å². The van der Waals surface area contributed by atoms with Crippen molar-refractivity contribution in [3.8, 4) is 0 Å². The Hall–Kier alpha value is -1.47. The van der Waals surface area contributed by atoms with Gasteiger partial charge in [-0.2, -0.15) is 0 Å². The smallest absolute Gasteiger partial charge is 0.256 e. The summed E-state index contributed by atoms with van der Waals surface area (Å²) in [5.41, 5.74) is 0.716. The van der Waals surface area contributed by atoms with E-state index < -0.39 is 12.2 Å². The second-order valence-corrected chi connectivity index (χ2v) is 6.42. The highest BCUT2D eigenvalue weighted by molar-refractivity contribution is 5.94. The fourth-order valence-corrected chi connectivity index (χ4v) is 3.21. The first-order valence-electron chi connectivity index (χ1n) is 8.72. The Kier molecular flexibility index (Phi) is 6.20. The molecule has 2 heterocycles. The van der Waals surface area contributed by atoms with E-state index in [0.717, 1.165) is 45.7 Å². The summed E-state index contributed by atoms with van der Waals surface area (Å²) in [6.07, 6.45) is 0.744. The molecule has 1 aromatic carbocycles. The van der Waals surface area contributed by atoms with Gasteiger partial charge in [0.1, 0.15) is 0 Å². The Bertz CT molecular complexity index is 519. The summed E-state index contributed by atoms with van der Waals surface area (Å²) >= 11 is 0. The number of hydrogen-bond donors (Lipinski definition) is 2. The molecule has 0 unspecified atom stereocenters. The third-order valence-electron chi connectivity index (χ3n) is 4.64. The number of carbonyl (C=O) groups excluding carboxylic acids is 1. The molecule has 3 rings (SSSR count). The molecule has 132 valence electrons. The van der Waals surface area contributed by atoms with Crippen molar-refractivity contribution in [2.45, 2.75) is 37.6 Å². The molecule has 2 N–H and O–H groups in total. The lowest BCUT2D eigenvalue weighted by molar-refractivity contribution is -0.153. The van der Waals surface area contributed by atoms with E-state index in [1.165, 1.54) is 0 Å². The maximum atomic E-state index is 12.4. The van der Waals surface area contributed by atoms with Crippen LogP contribution in [0.5, 0.6) is 0 Å². The highest BCUT2D eigenvalue weighted by atomic mass is 16.5. The molecule has 0 saturated carbocycles. The highest BCUT2D eigenvalue weighted by Crippen LogP contribution is 2.23. The normalized spacial score (nSPS) is 28.5. The van der Waals surface area contributed by atoms with Crippen molar-refractivity contribution < 1.29 is 19.4 Å². The first kappa shape index (κ1) is 17.4. The zero-order chi connectivity index (χ0) is 16.8. The van der Waals surface area contributed by atoms with Crippen LogP contribution in [0, 0.1) is 0 Å². The molecule has 0 radical (unpaired) electrons. The number of rotatable bonds is 5. The van der Waals surface area contributed by atoms with E-state index in [-0.39, 0.29) is 12.0 Å². The third kappa shape index (κ3) is 4.77. The minimum Gasteiger partial charge on any atom is -0.390 e. The van der Waals surface area contributed by atoms with E-state index in [9.17, 15) is 9.90 Å². The van der Waals surface area contributed by atoms with Crippen LogP contribution >= 0.6 is 0 Å². The number of benzene rings is 1. The van der Waals surface area contributed by atoms with Gasteiger partial charge in [0.25, 0.3) is 5.91 Å². The van der Waals surface area contributed by atoms with E-state index in [1.807, 2.05) is 30.3 Å². The third-order valence-corrected chi connectivity index (χ3v) is 4.64. The van der Waals surface area contributed by atoms with E-state index in [2.05, 4.69) is 10.2 Å². The lowest BCUT2D eigenvalue weighted by atomic mass is 9.98. The topological polar surface area (TPSA) is 71.0 Å². The Morgan fingerprint density at radius 2 is 1.96 bits per heavy atom. The van der Waals surface area contributed by atoms with Crippen molar-refractivity contribution in [3.63, 3.8) is 0 Å². The molecule has 0 aliphatic carbocycles. The zero-order valence-electron chi connectivity index (χ0n) is 13.9. The van der Waals surface area contributed by atoms with Crippen LogP contribution in [0.1, 0.15) is 19.3 Å². The Morgan fingerprint density at radius 1 is 1.21 bits per heavy atom. The van der Waals surface area contributed by atoms with E-state index in [0.29, 0.717) is 12.1 Å². The van der Waals surface area contributed by atoms with Gasteiger partial charge in [0.2, 0.25) is 0 Å². The number of amides is 1. The summed E-state index contributed by atoms with van der Waals surface area (Å²) in [7, 11) is 0. The number of aliphatic hydroxyl groups is 1. The van der Waals surface area contributed by atoms with Crippen LogP contribution in [0.3, 0.4) is 0 Å². The van der Waals surface area contributed by atoms with Gasteiger partial charge in [-0.15, -0.1) is 0 Å². The van der Waals surface area contributed by atoms with Gasteiger partial charge >= 0.3 is 0 Å². The highest BCUT2D eigenvalue weighted by Gasteiger charge is 2.35. The van der Waals surface area contributed by atoms with Crippen LogP contribution in [-0.2, 0) is 14.3 Å². The number of nitrogens with zero attached hydrogens (tertiary/aromatic N) is 1. The van der Waals surface area contributed by atoms with Crippen LogP contribution in [0.15, 0.2) is 30.3 Å². The molecule has 0 aromatic heterocycles. The first-order valence-corrected chi connectivity index (χ1v) is 8.72.